The van der Waals surface area contributed by atoms with Crippen molar-refractivity contribution in [2.45, 2.75) is 70.0 Å². The first-order chi connectivity index (χ1) is 17.1. The molecule has 0 unspecified atom stereocenters. The number of carbonyl (C=O) groups excluding carboxylic acids is 1. The van der Waals surface area contributed by atoms with Crippen LogP contribution in [-0.2, 0) is 4.79 Å². The van der Waals surface area contributed by atoms with Gasteiger partial charge in [-0.25, -0.2) is 4.79 Å². The minimum absolute atomic E-state index is 0.0552. The van der Waals surface area contributed by atoms with E-state index in [1.165, 1.54) is 0 Å². The van der Waals surface area contributed by atoms with Gasteiger partial charge >= 0.3 is 18.2 Å². The van der Waals surface area contributed by atoms with Crippen molar-refractivity contribution in [1.29, 1.82) is 0 Å². The summed E-state index contributed by atoms with van der Waals surface area (Å²) in [6, 6.07) is 11.9. The van der Waals surface area contributed by atoms with Crippen LogP contribution >= 0.6 is 0 Å². The summed E-state index contributed by atoms with van der Waals surface area (Å²) in [7, 11) is 0. The van der Waals surface area contributed by atoms with Crippen molar-refractivity contribution in [3.63, 3.8) is 0 Å². The Bertz CT molecular complexity index is 1080. The summed E-state index contributed by atoms with van der Waals surface area (Å²) in [6.07, 6.45) is -0.212. The molecule has 2 amide bonds. The number of carbonyl (C=O) groups is 2. The summed E-state index contributed by atoms with van der Waals surface area (Å²) in [6.45, 7) is 1.73. The highest BCUT2D eigenvalue weighted by atomic mass is 19.4. The standard InChI is InChI=1S/C27H32F3N3O3/c1-17-7-10-19(11-8-17)31-26(36)32-23-15-18(21-16-22(21)25(34)35)9-12-24(23)33(14-13-27(28,29)30)20-5-3-2-4-6-20/h7-12,15,20-22H,2-6,13-14,16H2,1H3,(H,34,35)(H2,31,32,36)/t21-,22-/m1/s1. The number of rotatable bonds is 8. The normalized spacial score (nSPS) is 20.0. The molecule has 0 saturated heterocycles. The van der Waals surface area contributed by atoms with E-state index < -0.39 is 30.5 Å². The highest BCUT2D eigenvalue weighted by Gasteiger charge is 2.44. The van der Waals surface area contributed by atoms with Gasteiger partial charge in [-0.1, -0.05) is 43.0 Å². The number of halogens is 3. The lowest BCUT2D eigenvalue weighted by Crippen LogP contribution is -2.39. The molecule has 2 aliphatic carbocycles. The Morgan fingerprint density at radius 1 is 1.03 bits per heavy atom. The average molecular weight is 504 g/mol. The summed E-state index contributed by atoms with van der Waals surface area (Å²) in [4.78, 5) is 26.1. The maximum atomic E-state index is 13.2. The van der Waals surface area contributed by atoms with Gasteiger partial charge in [-0.2, -0.15) is 13.2 Å². The second-order valence-corrected chi connectivity index (χ2v) is 9.86. The van der Waals surface area contributed by atoms with Crippen molar-refractivity contribution in [2.24, 2.45) is 5.92 Å². The number of aryl methyl sites for hydroxylation is 1. The number of alkyl halides is 3. The smallest absolute Gasteiger partial charge is 0.390 e. The molecule has 0 bridgehead atoms. The minimum Gasteiger partial charge on any atom is -0.481 e. The van der Waals surface area contributed by atoms with E-state index in [0.29, 0.717) is 23.5 Å². The Kier molecular flexibility index (Phi) is 7.76. The van der Waals surface area contributed by atoms with Gasteiger partial charge < -0.3 is 20.6 Å². The molecule has 0 radical (unpaired) electrons. The molecule has 4 rings (SSSR count). The molecule has 2 saturated carbocycles. The lowest BCUT2D eigenvalue weighted by atomic mass is 9.93. The number of carboxylic acid groups (broad SMARTS) is 1. The zero-order valence-corrected chi connectivity index (χ0v) is 20.3. The van der Waals surface area contributed by atoms with Gasteiger partial charge in [0.15, 0.2) is 0 Å². The summed E-state index contributed by atoms with van der Waals surface area (Å²) >= 11 is 0. The third-order valence-electron chi connectivity index (χ3n) is 7.08. The predicted molar refractivity (Wildman–Crippen MR) is 134 cm³/mol. The van der Waals surface area contributed by atoms with Gasteiger partial charge in [-0.15, -0.1) is 0 Å². The molecule has 2 fully saturated rings. The maximum Gasteiger partial charge on any atom is 0.390 e. The lowest BCUT2D eigenvalue weighted by molar-refractivity contribution is -0.138. The quantitative estimate of drug-likeness (QED) is 0.365. The second kappa shape index (κ2) is 10.8. The van der Waals surface area contributed by atoms with Crippen LogP contribution in [0.1, 0.15) is 62.0 Å². The number of urea groups is 1. The molecule has 36 heavy (non-hydrogen) atoms. The van der Waals surface area contributed by atoms with E-state index in [1.807, 2.05) is 19.1 Å². The molecule has 0 aromatic heterocycles. The summed E-state index contributed by atoms with van der Waals surface area (Å²) in [5.41, 5.74) is 3.31. The van der Waals surface area contributed by atoms with Crippen molar-refractivity contribution in [3.8, 4) is 0 Å². The van der Waals surface area contributed by atoms with Crippen LogP contribution in [0.4, 0.5) is 35.0 Å². The molecule has 0 spiro atoms. The van der Waals surface area contributed by atoms with E-state index in [4.69, 9.17) is 0 Å². The van der Waals surface area contributed by atoms with Gasteiger partial charge in [0.25, 0.3) is 0 Å². The van der Waals surface area contributed by atoms with Crippen molar-refractivity contribution >= 4 is 29.1 Å². The fourth-order valence-electron chi connectivity index (χ4n) is 5.03. The summed E-state index contributed by atoms with van der Waals surface area (Å²) in [5.74, 6) is -1.52. The van der Waals surface area contributed by atoms with E-state index in [9.17, 15) is 27.9 Å². The van der Waals surface area contributed by atoms with E-state index >= 15 is 0 Å². The van der Waals surface area contributed by atoms with Crippen LogP contribution in [0.25, 0.3) is 0 Å². The van der Waals surface area contributed by atoms with E-state index in [-0.39, 0.29) is 18.5 Å². The van der Waals surface area contributed by atoms with Crippen LogP contribution in [0.2, 0.25) is 0 Å². The van der Waals surface area contributed by atoms with Crippen molar-refractivity contribution in [3.05, 3.63) is 53.6 Å². The lowest BCUT2D eigenvalue weighted by Gasteiger charge is -2.37. The highest BCUT2D eigenvalue weighted by molar-refractivity contribution is 6.02. The number of hydrogen-bond acceptors (Lipinski definition) is 3. The predicted octanol–water partition coefficient (Wildman–Crippen LogP) is 6.92. The first-order valence-electron chi connectivity index (χ1n) is 12.5. The third-order valence-corrected chi connectivity index (χ3v) is 7.08. The number of nitrogens with one attached hydrogen (secondary N) is 2. The molecule has 2 aliphatic rings. The first kappa shape index (κ1) is 25.9. The zero-order chi connectivity index (χ0) is 25.9. The molecular weight excluding hydrogens is 471 g/mol. The first-order valence-corrected chi connectivity index (χ1v) is 12.5. The second-order valence-electron chi connectivity index (χ2n) is 9.86. The number of nitrogens with zero attached hydrogens (tertiary/aromatic N) is 1. The SMILES string of the molecule is Cc1ccc(NC(=O)Nc2cc([C@H]3C[C@H]3C(=O)O)ccc2N(CCC(F)(F)F)C2CCCCC2)cc1. The topological polar surface area (TPSA) is 81.7 Å². The molecule has 6 nitrogen and oxygen atoms in total. The van der Waals surface area contributed by atoms with Gasteiger partial charge in [0, 0.05) is 18.3 Å². The maximum absolute atomic E-state index is 13.2. The third kappa shape index (κ3) is 6.71. The Morgan fingerprint density at radius 2 is 1.72 bits per heavy atom. The van der Waals surface area contributed by atoms with Gasteiger partial charge in [0.05, 0.1) is 23.7 Å². The van der Waals surface area contributed by atoms with Crippen molar-refractivity contribution in [1.82, 2.24) is 0 Å². The molecule has 2 aromatic carbocycles. The molecular formula is C27H32F3N3O3. The molecule has 0 heterocycles. The van der Waals surface area contributed by atoms with Gasteiger partial charge in [-0.3, -0.25) is 4.79 Å². The van der Waals surface area contributed by atoms with Crippen LogP contribution in [0.5, 0.6) is 0 Å². The number of carboxylic acids is 1. The Balaban J connectivity index is 1.63. The number of hydrogen-bond donors (Lipinski definition) is 3. The molecule has 194 valence electrons. The van der Waals surface area contributed by atoms with Crippen molar-refractivity contribution < 1.29 is 27.9 Å². The van der Waals surface area contributed by atoms with Crippen LogP contribution < -0.4 is 15.5 Å². The monoisotopic (exact) mass is 503 g/mol. The van der Waals surface area contributed by atoms with Crippen LogP contribution in [0, 0.1) is 12.8 Å². The van der Waals surface area contributed by atoms with E-state index in [0.717, 1.165) is 43.2 Å². The number of amides is 2. The molecule has 2 atom stereocenters. The van der Waals surface area contributed by atoms with Gasteiger partial charge in [0.1, 0.15) is 0 Å². The Morgan fingerprint density at radius 3 is 2.33 bits per heavy atom. The van der Waals surface area contributed by atoms with Crippen LogP contribution in [0.15, 0.2) is 42.5 Å². The fraction of sp³-hybridized carbons (Fsp3) is 0.481. The van der Waals surface area contributed by atoms with Crippen LogP contribution in [0.3, 0.4) is 0 Å². The van der Waals surface area contributed by atoms with Crippen molar-refractivity contribution in [2.75, 3.05) is 22.1 Å². The van der Waals surface area contributed by atoms with Gasteiger partial charge in [-0.05, 0) is 61.9 Å². The number of aliphatic carboxylic acids is 1. The highest BCUT2D eigenvalue weighted by Crippen LogP contribution is 2.49. The Hall–Kier alpha value is -3.23. The fourth-order valence-corrected chi connectivity index (χ4v) is 5.03. The molecule has 2 aromatic rings. The molecule has 9 heteroatoms. The van der Waals surface area contributed by atoms with Gasteiger partial charge in [0.2, 0.25) is 0 Å². The number of benzene rings is 2. The average Bonchev–Trinajstić information content (AvgIpc) is 3.63. The summed E-state index contributed by atoms with van der Waals surface area (Å²) in [5, 5.41) is 15.0. The molecule has 0 aliphatic heterocycles. The van der Waals surface area contributed by atoms with E-state index in [1.54, 1.807) is 35.2 Å². The largest absolute Gasteiger partial charge is 0.481 e. The minimum atomic E-state index is -4.30. The Labute approximate surface area is 208 Å². The number of anilines is 3. The molecule has 3 N–H and O–H groups in total. The summed E-state index contributed by atoms with van der Waals surface area (Å²) < 4.78 is 39.6. The zero-order valence-electron chi connectivity index (χ0n) is 20.3. The van der Waals surface area contributed by atoms with E-state index in [2.05, 4.69) is 10.6 Å². The van der Waals surface area contributed by atoms with Crippen LogP contribution in [-0.4, -0.2) is 35.9 Å².